The van der Waals surface area contributed by atoms with Gasteiger partial charge in [-0.15, -0.1) is 0 Å². The van der Waals surface area contributed by atoms with Crippen molar-refractivity contribution in [1.29, 1.82) is 0 Å². The Labute approximate surface area is 126 Å². The van der Waals surface area contributed by atoms with Crippen LogP contribution in [0, 0.1) is 11.7 Å². The fourth-order valence-electron chi connectivity index (χ4n) is 3.26. The Morgan fingerprint density at radius 3 is 2.52 bits per heavy atom. The zero-order valence-corrected chi connectivity index (χ0v) is 12.8. The summed E-state index contributed by atoms with van der Waals surface area (Å²) in [5.41, 5.74) is 0.695. The number of ether oxygens (including phenoxy) is 1. The van der Waals surface area contributed by atoms with E-state index in [0.29, 0.717) is 11.4 Å². The fraction of sp³-hybridized carbons (Fsp3) is 0.647. The lowest BCUT2D eigenvalue weighted by Gasteiger charge is -2.30. The second-order valence-corrected chi connectivity index (χ2v) is 6.35. The van der Waals surface area contributed by atoms with Crippen molar-refractivity contribution in [3.05, 3.63) is 24.0 Å². The topological polar surface area (TPSA) is 24.5 Å². The highest BCUT2D eigenvalue weighted by Crippen LogP contribution is 2.29. The zero-order valence-electron chi connectivity index (χ0n) is 12.8. The van der Waals surface area contributed by atoms with Gasteiger partial charge in [-0.25, -0.2) is 4.39 Å². The molecular weight excluding hydrogens is 267 g/mol. The summed E-state index contributed by atoms with van der Waals surface area (Å²) in [6.07, 6.45) is 4.86. The molecule has 3 nitrogen and oxygen atoms in total. The van der Waals surface area contributed by atoms with Gasteiger partial charge in [-0.05, 0) is 43.7 Å². The molecule has 0 amide bonds. The molecule has 4 heteroatoms. The summed E-state index contributed by atoms with van der Waals surface area (Å²) < 4.78 is 20.3. The van der Waals surface area contributed by atoms with Gasteiger partial charge in [0.05, 0.1) is 11.8 Å². The van der Waals surface area contributed by atoms with Crippen molar-refractivity contribution >= 4 is 5.69 Å². The first-order valence-corrected chi connectivity index (χ1v) is 8.14. The maximum absolute atomic E-state index is 14.3. The number of rotatable bonds is 3. The van der Waals surface area contributed by atoms with E-state index < -0.39 is 0 Å². The normalized spacial score (nSPS) is 26.7. The van der Waals surface area contributed by atoms with Gasteiger partial charge in [0.1, 0.15) is 11.6 Å². The van der Waals surface area contributed by atoms with Crippen molar-refractivity contribution in [2.75, 3.05) is 31.1 Å². The van der Waals surface area contributed by atoms with E-state index in [1.807, 2.05) is 12.1 Å². The van der Waals surface area contributed by atoms with Crippen LogP contribution in [0.15, 0.2) is 18.2 Å². The Morgan fingerprint density at radius 1 is 1.14 bits per heavy atom. The molecule has 1 aromatic rings. The molecule has 0 aromatic heterocycles. The van der Waals surface area contributed by atoms with Crippen LogP contribution >= 0.6 is 0 Å². The highest BCUT2D eigenvalue weighted by Gasteiger charge is 2.20. The van der Waals surface area contributed by atoms with Crippen LogP contribution < -0.4 is 15.0 Å². The number of anilines is 1. The van der Waals surface area contributed by atoms with Crippen LogP contribution in [-0.2, 0) is 0 Å². The number of piperazine rings is 1. The van der Waals surface area contributed by atoms with Crippen molar-refractivity contribution in [1.82, 2.24) is 5.32 Å². The number of benzene rings is 1. The molecule has 0 spiro atoms. The molecule has 2 aliphatic rings. The minimum absolute atomic E-state index is 0.168. The van der Waals surface area contributed by atoms with Crippen molar-refractivity contribution in [3.63, 3.8) is 0 Å². The molecular formula is C17H25FN2O. The Kier molecular flexibility index (Phi) is 4.63. The molecule has 0 radical (unpaired) electrons. The van der Waals surface area contributed by atoms with Crippen molar-refractivity contribution in [2.45, 2.75) is 38.7 Å². The van der Waals surface area contributed by atoms with Gasteiger partial charge in [-0.1, -0.05) is 6.92 Å². The minimum Gasteiger partial charge on any atom is -0.490 e. The monoisotopic (exact) mass is 292 g/mol. The average molecular weight is 292 g/mol. The minimum atomic E-state index is -0.168. The first kappa shape index (κ1) is 14.6. The molecule has 0 bridgehead atoms. The third-order valence-electron chi connectivity index (χ3n) is 4.64. The van der Waals surface area contributed by atoms with E-state index in [1.165, 1.54) is 12.8 Å². The van der Waals surface area contributed by atoms with Crippen molar-refractivity contribution in [2.24, 2.45) is 5.92 Å². The predicted octanol–water partition coefficient (Wildman–Crippen LogP) is 3.19. The van der Waals surface area contributed by atoms with Crippen LogP contribution in [-0.4, -0.2) is 32.3 Å². The highest BCUT2D eigenvalue weighted by molar-refractivity contribution is 5.51. The lowest BCUT2D eigenvalue weighted by molar-refractivity contribution is 0.135. The molecule has 1 saturated carbocycles. The van der Waals surface area contributed by atoms with Gasteiger partial charge in [-0.2, -0.15) is 0 Å². The summed E-state index contributed by atoms with van der Waals surface area (Å²) in [4.78, 5) is 2.10. The summed E-state index contributed by atoms with van der Waals surface area (Å²) in [5.74, 6) is 1.31. The Bertz CT molecular complexity index is 466. The van der Waals surface area contributed by atoms with E-state index in [4.69, 9.17) is 4.74 Å². The molecule has 0 atom stereocenters. The summed E-state index contributed by atoms with van der Waals surface area (Å²) in [6, 6.07) is 5.33. The largest absolute Gasteiger partial charge is 0.490 e. The summed E-state index contributed by atoms with van der Waals surface area (Å²) >= 11 is 0. The van der Waals surface area contributed by atoms with Crippen LogP contribution in [0.1, 0.15) is 32.6 Å². The first-order chi connectivity index (χ1) is 10.2. The maximum atomic E-state index is 14.3. The van der Waals surface area contributed by atoms with Crippen LogP contribution in [0.4, 0.5) is 10.1 Å². The van der Waals surface area contributed by atoms with Gasteiger partial charge < -0.3 is 15.0 Å². The fourth-order valence-corrected chi connectivity index (χ4v) is 3.26. The molecule has 116 valence electrons. The van der Waals surface area contributed by atoms with E-state index in [-0.39, 0.29) is 11.9 Å². The Hall–Kier alpha value is -1.29. The molecule has 1 aromatic carbocycles. The Balaban J connectivity index is 1.63. The van der Waals surface area contributed by atoms with Gasteiger partial charge in [0.25, 0.3) is 0 Å². The van der Waals surface area contributed by atoms with Gasteiger partial charge in [0.2, 0.25) is 0 Å². The number of nitrogens with zero attached hydrogens (tertiary/aromatic N) is 1. The molecule has 1 heterocycles. The number of hydrogen-bond acceptors (Lipinski definition) is 3. The molecule has 1 saturated heterocycles. The van der Waals surface area contributed by atoms with Gasteiger partial charge in [0, 0.05) is 32.2 Å². The van der Waals surface area contributed by atoms with E-state index in [2.05, 4.69) is 17.1 Å². The molecule has 2 fully saturated rings. The number of halogens is 1. The summed E-state index contributed by atoms with van der Waals surface area (Å²) in [5, 5.41) is 3.28. The second-order valence-electron chi connectivity index (χ2n) is 6.35. The Morgan fingerprint density at radius 2 is 1.86 bits per heavy atom. The lowest BCUT2D eigenvalue weighted by atomic mass is 9.89. The lowest BCUT2D eigenvalue weighted by Crippen LogP contribution is -2.43. The molecule has 1 N–H and O–H groups in total. The standard InChI is InChI=1S/C17H25FN2O/c1-13-2-4-14(5-3-13)21-15-6-7-17(16(18)12-15)20-10-8-19-9-11-20/h6-7,12-14,19H,2-5,8-11H2,1H3. The smallest absolute Gasteiger partial charge is 0.150 e. The quantitative estimate of drug-likeness (QED) is 0.926. The van der Waals surface area contributed by atoms with E-state index in [0.717, 1.165) is 44.9 Å². The second kappa shape index (κ2) is 6.65. The van der Waals surface area contributed by atoms with Crippen molar-refractivity contribution in [3.8, 4) is 5.75 Å². The number of hydrogen-bond donors (Lipinski definition) is 1. The third kappa shape index (κ3) is 3.67. The first-order valence-electron chi connectivity index (χ1n) is 8.14. The van der Waals surface area contributed by atoms with Crippen molar-refractivity contribution < 1.29 is 9.13 Å². The molecule has 1 aliphatic carbocycles. The third-order valence-corrected chi connectivity index (χ3v) is 4.64. The highest BCUT2D eigenvalue weighted by atomic mass is 19.1. The zero-order chi connectivity index (χ0) is 14.7. The number of nitrogens with one attached hydrogen (secondary N) is 1. The predicted molar refractivity (Wildman–Crippen MR) is 83.5 cm³/mol. The SMILES string of the molecule is CC1CCC(Oc2ccc(N3CCNCC3)c(F)c2)CC1. The molecule has 1 aliphatic heterocycles. The van der Waals surface area contributed by atoms with Crippen LogP contribution in [0.5, 0.6) is 5.75 Å². The van der Waals surface area contributed by atoms with Crippen LogP contribution in [0.2, 0.25) is 0 Å². The van der Waals surface area contributed by atoms with E-state index >= 15 is 0 Å². The van der Waals surface area contributed by atoms with E-state index in [9.17, 15) is 4.39 Å². The maximum Gasteiger partial charge on any atom is 0.150 e. The van der Waals surface area contributed by atoms with E-state index in [1.54, 1.807) is 6.07 Å². The molecule has 3 rings (SSSR count). The van der Waals surface area contributed by atoms with Crippen LogP contribution in [0.3, 0.4) is 0 Å². The van der Waals surface area contributed by atoms with Gasteiger partial charge in [-0.3, -0.25) is 0 Å². The van der Waals surface area contributed by atoms with Gasteiger partial charge >= 0.3 is 0 Å². The van der Waals surface area contributed by atoms with Crippen LogP contribution in [0.25, 0.3) is 0 Å². The average Bonchev–Trinajstić information content (AvgIpc) is 2.51. The molecule has 21 heavy (non-hydrogen) atoms. The molecule has 0 unspecified atom stereocenters. The summed E-state index contributed by atoms with van der Waals surface area (Å²) in [7, 11) is 0. The summed E-state index contributed by atoms with van der Waals surface area (Å²) in [6.45, 7) is 5.84. The van der Waals surface area contributed by atoms with Gasteiger partial charge in [0.15, 0.2) is 0 Å².